The van der Waals surface area contributed by atoms with E-state index < -0.39 is 17.7 Å². The lowest BCUT2D eigenvalue weighted by molar-refractivity contribution is -0.136. The molecule has 0 aromatic heterocycles. The molecular weight excluding hydrogens is 549 g/mol. The highest BCUT2D eigenvalue weighted by Crippen LogP contribution is 2.33. The van der Waals surface area contributed by atoms with Gasteiger partial charge in [-0.1, -0.05) is 78.9 Å². The maximum Gasteiger partial charge on any atom is 0.305 e. The van der Waals surface area contributed by atoms with E-state index >= 15 is 0 Å². The summed E-state index contributed by atoms with van der Waals surface area (Å²) in [6.07, 6.45) is 7.07. The number of carbonyl (C=O) groups excluding carboxylic acids is 3. The number of ketones is 2. The van der Waals surface area contributed by atoms with Crippen molar-refractivity contribution >= 4 is 52.2 Å². The van der Waals surface area contributed by atoms with Crippen LogP contribution < -0.4 is 5.32 Å². The number of rotatable bonds is 10. The fourth-order valence-electron chi connectivity index (χ4n) is 4.87. The van der Waals surface area contributed by atoms with Crippen LogP contribution in [-0.4, -0.2) is 35.1 Å². The normalized spacial score (nSPS) is 14.0. The standard InChI is InChI=1S/C32H29Cl2NO5/c33-26-16-25(17-27(34)18-26)29(36)19-28(22-8-6-21(7-9-22)20-4-2-1-3-5-20)31(39)23-10-12-24(13-11-23)32(40)35-15-14-30(37)38/h6-13,16-20H,1-5,14-15H2,(H,35,40)(H,37,38)/b28-19-. The van der Waals surface area contributed by atoms with E-state index in [1.807, 2.05) is 24.3 Å². The highest BCUT2D eigenvalue weighted by molar-refractivity contribution is 6.36. The Morgan fingerprint density at radius 2 is 1.35 bits per heavy atom. The van der Waals surface area contributed by atoms with Crippen molar-refractivity contribution in [3.63, 3.8) is 0 Å². The van der Waals surface area contributed by atoms with Crippen LogP contribution >= 0.6 is 23.2 Å². The number of carboxylic acid groups (broad SMARTS) is 1. The molecule has 1 aliphatic carbocycles. The molecule has 0 heterocycles. The lowest BCUT2D eigenvalue weighted by atomic mass is 9.83. The van der Waals surface area contributed by atoms with Gasteiger partial charge in [0.15, 0.2) is 11.6 Å². The average molecular weight is 578 g/mol. The van der Waals surface area contributed by atoms with Gasteiger partial charge in [0.25, 0.3) is 5.91 Å². The summed E-state index contributed by atoms with van der Waals surface area (Å²) in [5, 5.41) is 11.9. The van der Waals surface area contributed by atoms with Crippen LogP contribution in [0.25, 0.3) is 5.57 Å². The summed E-state index contributed by atoms with van der Waals surface area (Å²) in [4.78, 5) is 50.0. The van der Waals surface area contributed by atoms with Crippen LogP contribution in [0.4, 0.5) is 0 Å². The van der Waals surface area contributed by atoms with Crippen LogP contribution in [0.5, 0.6) is 0 Å². The number of amides is 1. The van der Waals surface area contributed by atoms with Crippen LogP contribution in [0.3, 0.4) is 0 Å². The molecular formula is C32H29Cl2NO5. The Hall–Kier alpha value is -3.74. The molecule has 40 heavy (non-hydrogen) atoms. The number of carboxylic acids is 1. The van der Waals surface area contributed by atoms with Crippen LogP contribution in [0, 0.1) is 0 Å². The number of allylic oxidation sites excluding steroid dienone is 2. The van der Waals surface area contributed by atoms with Crippen LogP contribution in [0.2, 0.25) is 10.0 Å². The predicted molar refractivity (Wildman–Crippen MR) is 156 cm³/mol. The smallest absolute Gasteiger partial charge is 0.305 e. The van der Waals surface area contributed by atoms with Crippen molar-refractivity contribution in [3.8, 4) is 0 Å². The van der Waals surface area contributed by atoms with E-state index in [-0.39, 0.29) is 35.4 Å². The van der Waals surface area contributed by atoms with Crippen LogP contribution in [0.15, 0.2) is 72.8 Å². The Morgan fingerprint density at radius 1 is 0.775 bits per heavy atom. The second-order valence-corrected chi connectivity index (χ2v) is 10.7. The molecule has 8 heteroatoms. The Labute approximate surface area is 243 Å². The molecule has 1 saturated carbocycles. The summed E-state index contributed by atoms with van der Waals surface area (Å²) in [5.74, 6) is -1.76. The highest BCUT2D eigenvalue weighted by Gasteiger charge is 2.20. The van der Waals surface area contributed by atoms with Gasteiger partial charge in [0.1, 0.15) is 0 Å². The summed E-state index contributed by atoms with van der Waals surface area (Å²) >= 11 is 12.2. The van der Waals surface area contributed by atoms with Crippen molar-refractivity contribution in [1.82, 2.24) is 5.32 Å². The molecule has 1 fully saturated rings. The van der Waals surface area contributed by atoms with Gasteiger partial charge >= 0.3 is 5.97 Å². The van der Waals surface area contributed by atoms with E-state index in [1.165, 1.54) is 73.4 Å². The molecule has 0 aliphatic heterocycles. The number of nitrogens with one attached hydrogen (secondary N) is 1. The van der Waals surface area contributed by atoms with Gasteiger partial charge in [0.05, 0.1) is 6.42 Å². The largest absolute Gasteiger partial charge is 0.481 e. The number of benzene rings is 3. The first-order valence-corrected chi connectivity index (χ1v) is 13.9. The van der Waals surface area contributed by atoms with E-state index in [4.69, 9.17) is 28.3 Å². The SMILES string of the molecule is O=C(O)CCNC(=O)c1ccc(C(=O)/C(=C\C(=O)c2cc(Cl)cc(Cl)c2)c2ccc(C3CCCCC3)cc2)cc1. The number of hydrogen-bond acceptors (Lipinski definition) is 4. The number of Topliss-reactive ketones (excluding diaryl/α,β-unsaturated/α-hetero) is 1. The number of carbonyl (C=O) groups is 4. The molecule has 6 nitrogen and oxygen atoms in total. The summed E-state index contributed by atoms with van der Waals surface area (Å²) < 4.78 is 0. The van der Waals surface area contributed by atoms with Crippen LogP contribution in [-0.2, 0) is 4.79 Å². The first-order chi connectivity index (χ1) is 19.2. The average Bonchev–Trinajstić information content (AvgIpc) is 2.95. The Bertz CT molecular complexity index is 1420. The van der Waals surface area contributed by atoms with Crippen molar-refractivity contribution in [2.45, 2.75) is 44.4 Å². The van der Waals surface area contributed by atoms with Gasteiger partial charge in [-0.15, -0.1) is 0 Å². The van der Waals surface area contributed by atoms with E-state index in [9.17, 15) is 19.2 Å². The monoisotopic (exact) mass is 577 g/mol. The minimum atomic E-state index is -1.01. The minimum Gasteiger partial charge on any atom is -0.481 e. The highest BCUT2D eigenvalue weighted by atomic mass is 35.5. The van der Waals surface area contributed by atoms with Gasteiger partial charge in [0, 0.05) is 38.9 Å². The third kappa shape index (κ3) is 7.68. The first-order valence-electron chi connectivity index (χ1n) is 13.2. The van der Waals surface area contributed by atoms with E-state index in [0.717, 1.165) is 12.8 Å². The molecule has 1 aliphatic rings. The van der Waals surface area contributed by atoms with Gasteiger partial charge in [-0.2, -0.15) is 0 Å². The van der Waals surface area contributed by atoms with Gasteiger partial charge in [-0.3, -0.25) is 19.2 Å². The lowest BCUT2D eigenvalue weighted by Crippen LogP contribution is -2.26. The van der Waals surface area contributed by atoms with Crippen molar-refractivity contribution < 1.29 is 24.3 Å². The van der Waals surface area contributed by atoms with Gasteiger partial charge in [0.2, 0.25) is 0 Å². The fourth-order valence-corrected chi connectivity index (χ4v) is 5.40. The first kappa shape index (κ1) is 29.2. The van der Waals surface area contributed by atoms with E-state index in [2.05, 4.69) is 5.32 Å². The number of hydrogen-bond donors (Lipinski definition) is 2. The number of aliphatic carboxylic acids is 1. The van der Waals surface area contributed by atoms with E-state index in [0.29, 0.717) is 27.1 Å². The molecule has 0 bridgehead atoms. The predicted octanol–water partition coefficient (Wildman–Crippen LogP) is 7.39. The Morgan fingerprint density at radius 3 is 1.95 bits per heavy atom. The zero-order valence-electron chi connectivity index (χ0n) is 21.8. The molecule has 2 N–H and O–H groups in total. The zero-order chi connectivity index (χ0) is 28.6. The second-order valence-electron chi connectivity index (χ2n) is 9.84. The van der Waals surface area contributed by atoms with Crippen molar-refractivity contribution in [1.29, 1.82) is 0 Å². The van der Waals surface area contributed by atoms with Gasteiger partial charge < -0.3 is 10.4 Å². The molecule has 1 amide bonds. The number of halogens is 2. The summed E-state index contributed by atoms with van der Waals surface area (Å²) in [7, 11) is 0. The Balaban J connectivity index is 1.63. The second kappa shape index (κ2) is 13.6. The maximum absolute atomic E-state index is 13.7. The topological polar surface area (TPSA) is 101 Å². The molecule has 0 radical (unpaired) electrons. The fraction of sp³-hybridized carbons (Fsp3) is 0.250. The van der Waals surface area contributed by atoms with Crippen LogP contribution in [0.1, 0.15) is 86.6 Å². The third-order valence-electron chi connectivity index (χ3n) is 7.00. The quantitative estimate of drug-likeness (QED) is 0.193. The van der Waals surface area contributed by atoms with Gasteiger partial charge in [-0.05, 0) is 66.3 Å². The Kier molecular flexibility index (Phi) is 9.91. The lowest BCUT2D eigenvalue weighted by Gasteiger charge is -2.22. The molecule has 0 spiro atoms. The van der Waals surface area contributed by atoms with Crippen molar-refractivity contribution in [3.05, 3.63) is 111 Å². The molecule has 4 rings (SSSR count). The molecule has 0 saturated heterocycles. The third-order valence-corrected chi connectivity index (χ3v) is 7.44. The molecule has 0 unspecified atom stereocenters. The maximum atomic E-state index is 13.7. The van der Waals surface area contributed by atoms with Gasteiger partial charge in [-0.25, -0.2) is 0 Å². The molecule has 3 aromatic carbocycles. The molecule has 3 aromatic rings. The molecule has 206 valence electrons. The molecule has 0 atom stereocenters. The summed E-state index contributed by atoms with van der Waals surface area (Å²) in [5.41, 5.74) is 2.86. The summed E-state index contributed by atoms with van der Waals surface area (Å²) in [6, 6.07) is 18.3. The van der Waals surface area contributed by atoms with Crippen molar-refractivity contribution in [2.75, 3.05) is 6.54 Å². The van der Waals surface area contributed by atoms with Crippen molar-refractivity contribution in [2.24, 2.45) is 0 Å². The van der Waals surface area contributed by atoms with E-state index in [1.54, 1.807) is 0 Å². The summed E-state index contributed by atoms with van der Waals surface area (Å²) in [6.45, 7) is -0.00574. The zero-order valence-corrected chi connectivity index (χ0v) is 23.3. The minimum absolute atomic E-state index is 0.00574.